The SMILES string of the molecule is Cc1ccc(COc2ccc3c(c2C)OC(=Cc2cn(C)c4ccccc24)C3=O)cc1. The number of aromatic nitrogens is 1. The lowest BCUT2D eigenvalue weighted by atomic mass is 10.1. The standard InChI is InChI=1S/C27H23NO3/c1-17-8-10-19(11-9-17)16-30-24-13-12-22-26(29)25(31-27(22)18(24)2)14-20-15-28(3)23-7-5-4-6-21(20)23/h4-15H,16H2,1-3H3. The summed E-state index contributed by atoms with van der Waals surface area (Å²) >= 11 is 0. The van der Waals surface area contributed by atoms with Crippen LogP contribution in [0.5, 0.6) is 11.5 Å². The quantitative estimate of drug-likeness (QED) is 0.389. The average molecular weight is 409 g/mol. The van der Waals surface area contributed by atoms with E-state index in [4.69, 9.17) is 9.47 Å². The van der Waals surface area contributed by atoms with Crippen LogP contribution in [-0.2, 0) is 13.7 Å². The molecular weight excluding hydrogens is 386 g/mol. The van der Waals surface area contributed by atoms with Crippen molar-refractivity contribution in [3.05, 3.63) is 100 Å². The maximum Gasteiger partial charge on any atom is 0.231 e. The summed E-state index contributed by atoms with van der Waals surface area (Å²) in [5.74, 6) is 1.54. The molecular formula is C27H23NO3. The van der Waals surface area contributed by atoms with Crippen molar-refractivity contribution < 1.29 is 14.3 Å². The predicted octanol–water partition coefficient (Wildman–Crippen LogP) is 5.99. The van der Waals surface area contributed by atoms with Crippen molar-refractivity contribution in [1.29, 1.82) is 0 Å². The van der Waals surface area contributed by atoms with E-state index in [-0.39, 0.29) is 5.78 Å². The van der Waals surface area contributed by atoms with Crippen molar-refractivity contribution in [3.8, 4) is 11.5 Å². The molecule has 154 valence electrons. The van der Waals surface area contributed by atoms with E-state index in [2.05, 4.69) is 47.9 Å². The van der Waals surface area contributed by atoms with E-state index < -0.39 is 0 Å². The molecule has 1 aromatic heterocycles. The third-order valence-corrected chi connectivity index (χ3v) is 5.77. The van der Waals surface area contributed by atoms with Gasteiger partial charge in [0.1, 0.15) is 18.1 Å². The second-order valence-corrected chi connectivity index (χ2v) is 7.99. The van der Waals surface area contributed by atoms with Crippen molar-refractivity contribution in [1.82, 2.24) is 4.57 Å². The predicted molar refractivity (Wildman–Crippen MR) is 123 cm³/mol. The van der Waals surface area contributed by atoms with Gasteiger partial charge in [0, 0.05) is 35.3 Å². The second-order valence-electron chi connectivity index (χ2n) is 7.99. The van der Waals surface area contributed by atoms with Crippen LogP contribution in [0, 0.1) is 13.8 Å². The highest BCUT2D eigenvalue weighted by atomic mass is 16.5. The van der Waals surface area contributed by atoms with E-state index in [1.807, 2.05) is 44.4 Å². The van der Waals surface area contributed by atoms with Gasteiger partial charge in [0.25, 0.3) is 0 Å². The van der Waals surface area contributed by atoms with Gasteiger partial charge in [0.2, 0.25) is 5.78 Å². The molecule has 0 amide bonds. The minimum atomic E-state index is -0.101. The van der Waals surface area contributed by atoms with E-state index in [9.17, 15) is 4.79 Å². The first kappa shape index (κ1) is 19.2. The van der Waals surface area contributed by atoms with Gasteiger partial charge in [0.05, 0.1) is 5.56 Å². The Morgan fingerprint density at radius 3 is 2.58 bits per heavy atom. The van der Waals surface area contributed by atoms with E-state index >= 15 is 0 Å². The number of allylic oxidation sites excluding steroid dienone is 1. The maximum atomic E-state index is 13.0. The topological polar surface area (TPSA) is 40.5 Å². The summed E-state index contributed by atoms with van der Waals surface area (Å²) in [6.45, 7) is 4.46. The molecule has 2 heterocycles. The zero-order valence-corrected chi connectivity index (χ0v) is 17.8. The number of hydrogen-bond acceptors (Lipinski definition) is 3. The number of carbonyl (C=O) groups is 1. The van der Waals surface area contributed by atoms with Crippen molar-refractivity contribution in [2.45, 2.75) is 20.5 Å². The molecule has 3 aromatic carbocycles. The lowest BCUT2D eigenvalue weighted by molar-refractivity contribution is 0.101. The minimum absolute atomic E-state index is 0.101. The van der Waals surface area contributed by atoms with Crippen LogP contribution in [0.1, 0.15) is 32.6 Å². The number of aryl methyl sites for hydroxylation is 2. The Morgan fingerprint density at radius 1 is 1.00 bits per heavy atom. The third-order valence-electron chi connectivity index (χ3n) is 5.77. The summed E-state index contributed by atoms with van der Waals surface area (Å²) in [6, 6.07) is 20.0. The van der Waals surface area contributed by atoms with Gasteiger partial charge in [-0.15, -0.1) is 0 Å². The van der Waals surface area contributed by atoms with Gasteiger partial charge in [-0.25, -0.2) is 0 Å². The summed E-state index contributed by atoms with van der Waals surface area (Å²) in [5, 5.41) is 1.09. The van der Waals surface area contributed by atoms with Crippen LogP contribution < -0.4 is 9.47 Å². The number of para-hydroxylation sites is 1. The number of Topliss-reactive ketones (excluding diaryl/α,β-unsaturated/α-hetero) is 1. The van der Waals surface area contributed by atoms with Crippen LogP contribution in [0.2, 0.25) is 0 Å². The van der Waals surface area contributed by atoms with Crippen LogP contribution in [-0.4, -0.2) is 10.4 Å². The van der Waals surface area contributed by atoms with Gasteiger partial charge in [-0.1, -0.05) is 48.0 Å². The first-order chi connectivity index (χ1) is 15.0. The molecule has 0 N–H and O–H groups in total. The van der Waals surface area contributed by atoms with Gasteiger partial charge in [-0.2, -0.15) is 0 Å². The maximum absolute atomic E-state index is 13.0. The summed E-state index contributed by atoms with van der Waals surface area (Å²) < 4.78 is 14.1. The summed E-state index contributed by atoms with van der Waals surface area (Å²) in [6.07, 6.45) is 3.84. The Balaban J connectivity index is 1.43. The first-order valence-corrected chi connectivity index (χ1v) is 10.3. The van der Waals surface area contributed by atoms with Crippen LogP contribution in [0.3, 0.4) is 0 Å². The number of ketones is 1. The van der Waals surface area contributed by atoms with Crippen LogP contribution in [0.25, 0.3) is 17.0 Å². The van der Waals surface area contributed by atoms with Crippen molar-refractivity contribution in [2.75, 3.05) is 0 Å². The van der Waals surface area contributed by atoms with E-state index in [1.165, 1.54) is 5.56 Å². The molecule has 5 rings (SSSR count). The molecule has 1 aliphatic heterocycles. The Kier molecular flexibility index (Phi) is 4.63. The number of hydrogen-bond donors (Lipinski definition) is 0. The smallest absolute Gasteiger partial charge is 0.231 e. The number of carbonyl (C=O) groups excluding carboxylic acids is 1. The first-order valence-electron chi connectivity index (χ1n) is 10.3. The summed E-state index contributed by atoms with van der Waals surface area (Å²) in [5.41, 5.74) is 5.79. The van der Waals surface area contributed by atoms with Gasteiger partial charge in [-0.05, 0) is 43.7 Å². The van der Waals surface area contributed by atoms with Crippen LogP contribution in [0.15, 0.2) is 72.6 Å². The largest absolute Gasteiger partial charge is 0.488 e. The van der Waals surface area contributed by atoms with Crippen LogP contribution >= 0.6 is 0 Å². The molecule has 0 bridgehead atoms. The highest BCUT2D eigenvalue weighted by Crippen LogP contribution is 2.40. The molecule has 0 unspecified atom stereocenters. The summed E-state index contributed by atoms with van der Waals surface area (Å²) in [7, 11) is 2.00. The monoisotopic (exact) mass is 409 g/mol. The van der Waals surface area contributed by atoms with E-state index in [0.29, 0.717) is 23.7 Å². The fourth-order valence-electron chi connectivity index (χ4n) is 4.00. The van der Waals surface area contributed by atoms with Gasteiger partial charge < -0.3 is 14.0 Å². The number of fused-ring (bicyclic) bond motifs is 2. The molecule has 1 aliphatic rings. The molecule has 31 heavy (non-hydrogen) atoms. The lowest BCUT2D eigenvalue weighted by Crippen LogP contribution is -1.98. The molecule has 4 nitrogen and oxygen atoms in total. The molecule has 0 saturated carbocycles. The van der Waals surface area contributed by atoms with E-state index in [1.54, 1.807) is 6.07 Å². The number of rotatable bonds is 4. The molecule has 0 saturated heterocycles. The molecule has 0 aliphatic carbocycles. The Morgan fingerprint density at radius 2 is 1.77 bits per heavy atom. The number of nitrogens with zero attached hydrogens (tertiary/aromatic N) is 1. The van der Waals surface area contributed by atoms with Gasteiger partial charge in [0.15, 0.2) is 5.76 Å². The fourth-order valence-corrected chi connectivity index (χ4v) is 4.00. The second kappa shape index (κ2) is 7.47. The zero-order chi connectivity index (χ0) is 21.5. The highest BCUT2D eigenvalue weighted by molar-refractivity contribution is 6.15. The molecule has 0 fully saturated rings. The number of benzene rings is 3. The fraction of sp³-hybridized carbons (Fsp3) is 0.148. The normalized spacial score (nSPS) is 14.2. The third kappa shape index (κ3) is 3.40. The molecule has 0 spiro atoms. The molecule has 0 radical (unpaired) electrons. The lowest BCUT2D eigenvalue weighted by Gasteiger charge is -2.11. The van der Waals surface area contributed by atoms with Crippen LogP contribution in [0.4, 0.5) is 0 Å². The van der Waals surface area contributed by atoms with Crippen molar-refractivity contribution >= 4 is 22.8 Å². The Hall–Kier alpha value is -3.79. The van der Waals surface area contributed by atoms with Crippen molar-refractivity contribution in [2.24, 2.45) is 7.05 Å². The number of ether oxygens (including phenoxy) is 2. The Labute approximate surface area is 181 Å². The molecule has 4 heteroatoms. The van der Waals surface area contributed by atoms with Gasteiger partial charge >= 0.3 is 0 Å². The minimum Gasteiger partial charge on any atom is -0.488 e. The molecule has 0 atom stereocenters. The zero-order valence-electron chi connectivity index (χ0n) is 17.8. The summed E-state index contributed by atoms with van der Waals surface area (Å²) in [4.78, 5) is 13.0. The Bertz CT molecular complexity index is 1340. The van der Waals surface area contributed by atoms with Gasteiger partial charge in [-0.3, -0.25) is 4.79 Å². The highest BCUT2D eigenvalue weighted by Gasteiger charge is 2.30. The van der Waals surface area contributed by atoms with E-state index in [0.717, 1.165) is 33.3 Å². The van der Waals surface area contributed by atoms with Crippen molar-refractivity contribution in [3.63, 3.8) is 0 Å². The molecule has 4 aromatic rings. The average Bonchev–Trinajstić information content (AvgIpc) is 3.27.